The lowest BCUT2D eigenvalue weighted by Crippen LogP contribution is -2.57. The molecule has 2 rings (SSSR count). The van der Waals surface area contributed by atoms with Gasteiger partial charge in [-0.05, 0) is 57.8 Å². The molecule has 0 saturated heterocycles. The zero-order valence-corrected chi connectivity index (χ0v) is 13.8. The van der Waals surface area contributed by atoms with Gasteiger partial charge in [0, 0.05) is 16.1 Å². The molecule has 0 radical (unpaired) electrons. The Balaban J connectivity index is 2.41. The first kappa shape index (κ1) is 16.7. The number of nitrogens with two attached hydrogens (primary N) is 1. The molecule has 5 heteroatoms. The van der Waals surface area contributed by atoms with Crippen molar-refractivity contribution in [2.24, 2.45) is 11.8 Å². The fourth-order valence-electron chi connectivity index (χ4n) is 3.53. The number of rotatable bonds is 4. The van der Waals surface area contributed by atoms with Crippen molar-refractivity contribution in [3.8, 4) is 0 Å². The van der Waals surface area contributed by atoms with Gasteiger partial charge in [-0.25, -0.2) is 4.39 Å². The molecule has 1 fully saturated rings. The van der Waals surface area contributed by atoms with Gasteiger partial charge < -0.3 is 4.90 Å². The number of halogens is 2. The number of hydrogen-bond donors (Lipinski definition) is 2. The second kappa shape index (κ2) is 6.61. The molecule has 0 aliphatic heterocycles. The van der Waals surface area contributed by atoms with Crippen LogP contribution in [-0.4, -0.2) is 24.5 Å². The summed E-state index contributed by atoms with van der Waals surface area (Å²) < 4.78 is 14.4. The number of hydrazine groups is 1. The highest BCUT2D eigenvalue weighted by Crippen LogP contribution is 2.44. The molecular formula is C16H25ClFN3. The van der Waals surface area contributed by atoms with Gasteiger partial charge in [-0.1, -0.05) is 24.6 Å². The molecule has 1 unspecified atom stereocenters. The van der Waals surface area contributed by atoms with Crippen LogP contribution < -0.4 is 11.3 Å². The third kappa shape index (κ3) is 3.24. The lowest BCUT2D eigenvalue weighted by molar-refractivity contribution is 0.0416. The number of likely N-dealkylation sites (N-methyl/N-ethyl adjacent to an activating group) is 1. The average Bonchev–Trinajstić information content (AvgIpc) is 2.43. The van der Waals surface area contributed by atoms with Crippen LogP contribution in [0.4, 0.5) is 4.39 Å². The minimum atomic E-state index is -0.301. The number of benzene rings is 1. The molecule has 0 spiro atoms. The third-order valence-corrected chi connectivity index (χ3v) is 5.24. The lowest BCUT2D eigenvalue weighted by Gasteiger charge is -2.49. The summed E-state index contributed by atoms with van der Waals surface area (Å²) in [5, 5.41) is 0.406. The van der Waals surface area contributed by atoms with Crippen molar-refractivity contribution in [1.29, 1.82) is 0 Å². The van der Waals surface area contributed by atoms with Crippen LogP contribution >= 0.6 is 11.6 Å². The van der Waals surface area contributed by atoms with E-state index in [9.17, 15) is 4.39 Å². The van der Waals surface area contributed by atoms with E-state index in [2.05, 4.69) is 17.2 Å². The fourth-order valence-corrected chi connectivity index (χ4v) is 3.68. The number of nitrogens with one attached hydrogen (secondary N) is 1. The van der Waals surface area contributed by atoms with Gasteiger partial charge in [0.25, 0.3) is 0 Å². The molecule has 3 nitrogen and oxygen atoms in total. The van der Waals surface area contributed by atoms with Gasteiger partial charge in [-0.2, -0.15) is 0 Å². The maximum absolute atomic E-state index is 14.4. The second-order valence-corrected chi connectivity index (χ2v) is 6.88. The van der Waals surface area contributed by atoms with E-state index in [1.807, 2.05) is 14.1 Å². The van der Waals surface area contributed by atoms with Crippen molar-refractivity contribution in [2.45, 2.75) is 44.2 Å². The molecule has 118 valence electrons. The molecule has 0 bridgehead atoms. The van der Waals surface area contributed by atoms with Crippen molar-refractivity contribution in [3.05, 3.63) is 34.6 Å². The van der Waals surface area contributed by atoms with Gasteiger partial charge in [0.15, 0.2) is 0 Å². The molecule has 1 saturated carbocycles. The van der Waals surface area contributed by atoms with Crippen LogP contribution in [0.2, 0.25) is 5.02 Å². The van der Waals surface area contributed by atoms with Gasteiger partial charge in [-0.3, -0.25) is 11.3 Å². The highest BCUT2D eigenvalue weighted by Gasteiger charge is 2.44. The molecule has 0 aromatic heterocycles. The van der Waals surface area contributed by atoms with Crippen molar-refractivity contribution >= 4 is 11.6 Å². The Morgan fingerprint density at radius 1 is 1.38 bits per heavy atom. The van der Waals surface area contributed by atoms with Crippen LogP contribution in [0.25, 0.3) is 0 Å². The standard InChI is InChI=1S/C16H25ClFN3/c1-11-6-8-16(9-7-11,21(2)3)15(20-19)13-5-4-12(17)10-14(13)18/h4-5,10-11,15,20H,6-9,19H2,1-3H3. The summed E-state index contributed by atoms with van der Waals surface area (Å²) in [4.78, 5) is 2.19. The van der Waals surface area contributed by atoms with Crippen LogP contribution in [0.5, 0.6) is 0 Å². The van der Waals surface area contributed by atoms with E-state index < -0.39 is 0 Å². The smallest absolute Gasteiger partial charge is 0.129 e. The molecule has 3 N–H and O–H groups in total. The van der Waals surface area contributed by atoms with Crippen molar-refractivity contribution in [2.75, 3.05) is 14.1 Å². The third-order valence-electron chi connectivity index (χ3n) is 5.01. The minimum absolute atomic E-state index is 0.171. The van der Waals surface area contributed by atoms with E-state index in [0.717, 1.165) is 25.7 Å². The molecule has 1 aromatic rings. The maximum atomic E-state index is 14.4. The number of hydrogen-bond acceptors (Lipinski definition) is 3. The van der Waals surface area contributed by atoms with E-state index in [1.165, 1.54) is 6.07 Å². The molecule has 1 aliphatic rings. The normalized spacial score (nSPS) is 27.9. The van der Waals surface area contributed by atoms with Crippen LogP contribution in [0.15, 0.2) is 18.2 Å². The van der Waals surface area contributed by atoms with E-state index in [0.29, 0.717) is 16.5 Å². The molecule has 0 heterocycles. The second-order valence-electron chi connectivity index (χ2n) is 6.45. The average molecular weight is 314 g/mol. The first-order valence-corrected chi connectivity index (χ1v) is 7.87. The molecule has 1 aliphatic carbocycles. The van der Waals surface area contributed by atoms with E-state index >= 15 is 0 Å². The highest BCUT2D eigenvalue weighted by atomic mass is 35.5. The van der Waals surface area contributed by atoms with E-state index in [-0.39, 0.29) is 17.4 Å². The largest absolute Gasteiger partial charge is 0.302 e. The summed E-state index contributed by atoms with van der Waals surface area (Å²) >= 11 is 5.86. The predicted octanol–water partition coefficient (Wildman–Crippen LogP) is 3.49. The van der Waals surface area contributed by atoms with Gasteiger partial charge >= 0.3 is 0 Å². The lowest BCUT2D eigenvalue weighted by atomic mass is 9.70. The van der Waals surface area contributed by atoms with Gasteiger partial charge in [0.2, 0.25) is 0 Å². The Bertz CT molecular complexity index is 484. The minimum Gasteiger partial charge on any atom is -0.302 e. The Hall–Kier alpha value is -0.680. The van der Waals surface area contributed by atoms with Crippen LogP contribution in [0.3, 0.4) is 0 Å². The summed E-state index contributed by atoms with van der Waals surface area (Å²) in [6, 6.07) is 4.57. The summed E-state index contributed by atoms with van der Waals surface area (Å²) in [6.07, 6.45) is 4.26. The predicted molar refractivity (Wildman–Crippen MR) is 85.5 cm³/mol. The zero-order valence-electron chi connectivity index (χ0n) is 13.0. The molecular weight excluding hydrogens is 289 g/mol. The van der Waals surface area contributed by atoms with Crippen LogP contribution in [-0.2, 0) is 0 Å². The van der Waals surface area contributed by atoms with E-state index in [4.69, 9.17) is 17.4 Å². The molecule has 21 heavy (non-hydrogen) atoms. The Morgan fingerprint density at radius 2 is 2.00 bits per heavy atom. The first-order valence-electron chi connectivity index (χ1n) is 7.49. The highest BCUT2D eigenvalue weighted by molar-refractivity contribution is 6.30. The topological polar surface area (TPSA) is 41.3 Å². The SMILES string of the molecule is CC1CCC(C(NN)c2ccc(Cl)cc2F)(N(C)C)CC1. The van der Waals surface area contributed by atoms with Crippen LogP contribution in [0.1, 0.15) is 44.2 Å². The number of nitrogens with zero attached hydrogens (tertiary/aromatic N) is 1. The maximum Gasteiger partial charge on any atom is 0.129 e. The Labute approximate surface area is 131 Å². The first-order chi connectivity index (χ1) is 9.90. The molecule has 1 atom stereocenters. The van der Waals surface area contributed by atoms with E-state index in [1.54, 1.807) is 12.1 Å². The van der Waals surface area contributed by atoms with Gasteiger partial charge in [0.05, 0.1) is 6.04 Å². The van der Waals surface area contributed by atoms with Gasteiger partial charge in [-0.15, -0.1) is 0 Å². The Morgan fingerprint density at radius 3 is 2.48 bits per heavy atom. The summed E-state index contributed by atoms with van der Waals surface area (Å²) in [6.45, 7) is 2.27. The summed E-state index contributed by atoms with van der Waals surface area (Å²) in [5.74, 6) is 6.24. The van der Waals surface area contributed by atoms with Crippen molar-refractivity contribution in [1.82, 2.24) is 10.3 Å². The quantitative estimate of drug-likeness (QED) is 0.660. The zero-order chi connectivity index (χ0) is 15.6. The summed E-state index contributed by atoms with van der Waals surface area (Å²) in [5.41, 5.74) is 3.28. The summed E-state index contributed by atoms with van der Waals surface area (Å²) in [7, 11) is 4.10. The van der Waals surface area contributed by atoms with Gasteiger partial charge in [0.1, 0.15) is 5.82 Å². The molecule has 0 amide bonds. The fraction of sp³-hybridized carbons (Fsp3) is 0.625. The monoisotopic (exact) mass is 313 g/mol. The van der Waals surface area contributed by atoms with Crippen LogP contribution in [0, 0.1) is 11.7 Å². The molecule has 1 aromatic carbocycles. The van der Waals surface area contributed by atoms with Crippen molar-refractivity contribution in [3.63, 3.8) is 0 Å². The Kier molecular flexibility index (Phi) is 5.25. The van der Waals surface area contributed by atoms with Crippen molar-refractivity contribution < 1.29 is 4.39 Å².